The molecule has 7 heteroatoms. The molecular weight excluding hydrogens is 280 g/mol. The summed E-state index contributed by atoms with van der Waals surface area (Å²) in [6.07, 6.45) is 4.82. The summed E-state index contributed by atoms with van der Waals surface area (Å²) in [7, 11) is 0. The van der Waals surface area contributed by atoms with Gasteiger partial charge in [0.15, 0.2) is 0 Å². The number of anilines is 1. The molecule has 0 saturated carbocycles. The van der Waals surface area contributed by atoms with Crippen molar-refractivity contribution in [2.45, 2.75) is 25.3 Å². The Morgan fingerprint density at radius 3 is 2.90 bits per heavy atom. The van der Waals surface area contributed by atoms with Gasteiger partial charge in [0.05, 0.1) is 9.95 Å². The van der Waals surface area contributed by atoms with Crippen LogP contribution in [0.3, 0.4) is 0 Å². The Labute approximate surface area is 122 Å². The van der Waals surface area contributed by atoms with Crippen LogP contribution >= 0.6 is 11.6 Å². The Balaban J connectivity index is 1.82. The fraction of sp³-hybridized carbons (Fsp3) is 0.615. The summed E-state index contributed by atoms with van der Waals surface area (Å²) in [5.74, 6) is 0.672. The van der Waals surface area contributed by atoms with Crippen molar-refractivity contribution in [3.63, 3.8) is 0 Å². The second kappa shape index (κ2) is 5.54. The molecule has 1 atom stereocenters. The molecule has 2 aliphatic heterocycles. The summed E-state index contributed by atoms with van der Waals surface area (Å²) in [5, 5.41) is 11.1. The second-order valence-corrected chi connectivity index (χ2v) is 5.79. The van der Waals surface area contributed by atoms with Gasteiger partial charge in [0.2, 0.25) is 0 Å². The van der Waals surface area contributed by atoms with Crippen molar-refractivity contribution in [1.82, 2.24) is 9.88 Å². The van der Waals surface area contributed by atoms with Crippen molar-refractivity contribution in [1.29, 1.82) is 0 Å². The van der Waals surface area contributed by atoms with Gasteiger partial charge in [-0.25, -0.2) is 4.98 Å². The van der Waals surface area contributed by atoms with E-state index in [4.69, 9.17) is 11.6 Å². The van der Waals surface area contributed by atoms with Gasteiger partial charge in [-0.3, -0.25) is 15.0 Å². The lowest BCUT2D eigenvalue weighted by molar-refractivity contribution is -0.385. The molecule has 0 amide bonds. The third-order valence-corrected chi connectivity index (χ3v) is 4.40. The van der Waals surface area contributed by atoms with E-state index in [-0.39, 0.29) is 5.69 Å². The number of hydrogen-bond acceptors (Lipinski definition) is 5. The average Bonchev–Trinajstić information content (AvgIpc) is 2.76. The van der Waals surface area contributed by atoms with Crippen LogP contribution in [0.1, 0.15) is 19.3 Å². The van der Waals surface area contributed by atoms with E-state index < -0.39 is 4.92 Å². The van der Waals surface area contributed by atoms with E-state index in [9.17, 15) is 10.1 Å². The molecule has 0 aromatic carbocycles. The zero-order valence-electron chi connectivity index (χ0n) is 11.2. The number of pyridine rings is 1. The van der Waals surface area contributed by atoms with Crippen LogP contribution in [0.15, 0.2) is 12.3 Å². The van der Waals surface area contributed by atoms with Crippen LogP contribution in [0.4, 0.5) is 11.5 Å². The van der Waals surface area contributed by atoms with Crippen LogP contribution in [0, 0.1) is 10.1 Å². The lowest BCUT2D eigenvalue weighted by atomic mass is 10.2. The maximum atomic E-state index is 10.7. The van der Waals surface area contributed by atoms with Gasteiger partial charge in [0.25, 0.3) is 5.69 Å². The molecule has 3 rings (SSSR count). The Hall–Kier alpha value is -1.40. The topological polar surface area (TPSA) is 62.5 Å². The SMILES string of the molecule is O=[N+]([O-])c1cnc(N2CCCN3CCC[C@H]3C2)c(Cl)c1. The van der Waals surface area contributed by atoms with Gasteiger partial charge < -0.3 is 4.90 Å². The minimum atomic E-state index is -0.468. The Kier molecular flexibility index (Phi) is 3.76. The molecule has 1 aromatic heterocycles. The first-order chi connectivity index (χ1) is 9.65. The van der Waals surface area contributed by atoms with Crippen LogP contribution in [-0.2, 0) is 0 Å². The molecular formula is C13H17ClN4O2. The minimum Gasteiger partial charge on any atom is -0.354 e. The quantitative estimate of drug-likeness (QED) is 0.619. The highest BCUT2D eigenvalue weighted by Crippen LogP contribution is 2.30. The first kappa shape index (κ1) is 13.6. The van der Waals surface area contributed by atoms with Crippen molar-refractivity contribution in [3.05, 3.63) is 27.4 Å². The standard InChI is InChI=1S/C13H17ClN4O2/c14-12-7-11(18(19)20)8-15-13(12)17-6-2-5-16-4-1-3-10(16)9-17/h7-8,10H,1-6,9H2/t10-/m0/s1. The maximum Gasteiger partial charge on any atom is 0.289 e. The van der Waals surface area contributed by atoms with E-state index >= 15 is 0 Å². The second-order valence-electron chi connectivity index (χ2n) is 5.39. The van der Waals surface area contributed by atoms with Crippen LogP contribution in [-0.4, -0.2) is 47.0 Å². The first-order valence-electron chi connectivity index (χ1n) is 6.94. The van der Waals surface area contributed by atoms with E-state index in [1.165, 1.54) is 31.6 Å². The van der Waals surface area contributed by atoms with Gasteiger partial charge in [-0.2, -0.15) is 0 Å². The lowest BCUT2D eigenvalue weighted by Crippen LogP contribution is -2.37. The van der Waals surface area contributed by atoms with E-state index in [1.54, 1.807) is 0 Å². The van der Waals surface area contributed by atoms with Gasteiger partial charge >= 0.3 is 0 Å². The first-order valence-corrected chi connectivity index (χ1v) is 7.32. The number of aromatic nitrogens is 1. The summed E-state index contributed by atoms with van der Waals surface area (Å²) in [6, 6.07) is 1.95. The molecule has 1 aromatic rings. The highest BCUT2D eigenvalue weighted by Gasteiger charge is 2.30. The molecule has 0 unspecified atom stereocenters. The smallest absolute Gasteiger partial charge is 0.289 e. The van der Waals surface area contributed by atoms with Crippen LogP contribution in [0.25, 0.3) is 0 Å². The number of fused-ring (bicyclic) bond motifs is 1. The van der Waals surface area contributed by atoms with Gasteiger partial charge in [-0.15, -0.1) is 0 Å². The lowest BCUT2D eigenvalue weighted by Gasteiger charge is -2.26. The highest BCUT2D eigenvalue weighted by atomic mass is 35.5. The van der Waals surface area contributed by atoms with E-state index in [1.807, 2.05) is 0 Å². The Bertz CT molecular complexity index is 525. The molecule has 2 aliphatic rings. The molecule has 6 nitrogen and oxygen atoms in total. The normalized spacial score (nSPS) is 23.4. The monoisotopic (exact) mass is 296 g/mol. The molecule has 108 valence electrons. The fourth-order valence-corrected chi connectivity index (χ4v) is 3.43. The average molecular weight is 297 g/mol. The molecule has 0 aliphatic carbocycles. The van der Waals surface area contributed by atoms with Crippen molar-refractivity contribution in [2.75, 3.05) is 31.1 Å². The third-order valence-electron chi connectivity index (χ3n) is 4.12. The maximum absolute atomic E-state index is 10.7. The molecule has 2 fully saturated rings. The molecule has 20 heavy (non-hydrogen) atoms. The van der Waals surface area contributed by atoms with E-state index in [0.717, 1.165) is 26.1 Å². The molecule has 2 saturated heterocycles. The van der Waals surface area contributed by atoms with Gasteiger partial charge in [0, 0.05) is 31.7 Å². The van der Waals surface area contributed by atoms with Crippen molar-refractivity contribution in [3.8, 4) is 0 Å². The van der Waals surface area contributed by atoms with Gasteiger partial charge in [-0.05, 0) is 25.8 Å². The van der Waals surface area contributed by atoms with Crippen LogP contribution in [0.2, 0.25) is 5.02 Å². The third kappa shape index (κ3) is 2.58. The fourth-order valence-electron chi connectivity index (χ4n) is 3.15. The van der Waals surface area contributed by atoms with Crippen molar-refractivity contribution < 1.29 is 4.92 Å². The summed E-state index contributed by atoms with van der Waals surface area (Å²) >= 11 is 6.18. The van der Waals surface area contributed by atoms with Gasteiger partial charge in [0.1, 0.15) is 12.0 Å². The molecule has 0 radical (unpaired) electrons. The Morgan fingerprint density at radius 1 is 1.35 bits per heavy atom. The zero-order valence-corrected chi connectivity index (χ0v) is 11.9. The number of rotatable bonds is 2. The Morgan fingerprint density at radius 2 is 2.15 bits per heavy atom. The highest BCUT2D eigenvalue weighted by molar-refractivity contribution is 6.33. The number of nitro groups is 1. The number of nitrogens with zero attached hydrogens (tertiary/aromatic N) is 4. The van der Waals surface area contributed by atoms with Crippen molar-refractivity contribution >= 4 is 23.1 Å². The predicted octanol–water partition coefficient (Wildman–Crippen LogP) is 2.32. The minimum absolute atomic E-state index is 0.0592. The molecule has 0 N–H and O–H groups in total. The summed E-state index contributed by atoms with van der Waals surface area (Å²) in [5.41, 5.74) is -0.0592. The largest absolute Gasteiger partial charge is 0.354 e. The molecule has 3 heterocycles. The van der Waals surface area contributed by atoms with Gasteiger partial charge in [-0.1, -0.05) is 11.6 Å². The predicted molar refractivity (Wildman–Crippen MR) is 77.3 cm³/mol. The zero-order chi connectivity index (χ0) is 14.1. The van der Waals surface area contributed by atoms with Crippen LogP contribution < -0.4 is 4.90 Å². The summed E-state index contributed by atoms with van der Waals surface area (Å²) in [6.45, 7) is 4.10. The summed E-state index contributed by atoms with van der Waals surface area (Å²) in [4.78, 5) is 19.2. The number of hydrogen-bond donors (Lipinski definition) is 0. The van der Waals surface area contributed by atoms with E-state index in [2.05, 4.69) is 14.8 Å². The van der Waals surface area contributed by atoms with Crippen LogP contribution in [0.5, 0.6) is 0 Å². The van der Waals surface area contributed by atoms with Crippen molar-refractivity contribution in [2.24, 2.45) is 0 Å². The molecule has 0 spiro atoms. The number of halogens is 1. The summed E-state index contributed by atoms with van der Waals surface area (Å²) < 4.78 is 0. The van der Waals surface area contributed by atoms with E-state index in [0.29, 0.717) is 16.9 Å². The molecule has 0 bridgehead atoms.